The number of benzene rings is 1. The van der Waals surface area contributed by atoms with E-state index in [4.69, 9.17) is 10.8 Å². The Bertz CT molecular complexity index is 858. The van der Waals surface area contributed by atoms with Crippen LogP contribution in [0.15, 0.2) is 36.7 Å². The number of halogens is 1. The van der Waals surface area contributed by atoms with Crippen molar-refractivity contribution in [3.8, 4) is 0 Å². The van der Waals surface area contributed by atoms with Crippen molar-refractivity contribution in [1.82, 2.24) is 15.3 Å². The lowest BCUT2D eigenvalue weighted by molar-refractivity contribution is -0.137. The van der Waals surface area contributed by atoms with Gasteiger partial charge >= 0.3 is 5.97 Å². The molecular formula is C19H23FN6O3. The molecule has 154 valence electrons. The quantitative estimate of drug-likeness (QED) is 0.508. The lowest BCUT2D eigenvalue weighted by Gasteiger charge is -2.34. The number of nitrogens with zero attached hydrogens (tertiary/aromatic N) is 3. The third kappa shape index (κ3) is 5.61. The van der Waals surface area contributed by atoms with E-state index in [0.29, 0.717) is 24.7 Å². The Labute approximate surface area is 167 Å². The molecule has 0 saturated carbocycles. The van der Waals surface area contributed by atoms with Crippen LogP contribution in [0.3, 0.4) is 0 Å². The molecule has 2 aromatic rings. The first-order valence-electron chi connectivity index (χ1n) is 9.28. The predicted molar refractivity (Wildman–Crippen MR) is 105 cm³/mol. The summed E-state index contributed by atoms with van der Waals surface area (Å²) in [5, 5.41) is 14.3. The van der Waals surface area contributed by atoms with Gasteiger partial charge in [-0.3, -0.25) is 9.59 Å². The topological polar surface area (TPSA) is 133 Å². The van der Waals surface area contributed by atoms with Crippen molar-refractivity contribution in [2.75, 3.05) is 23.3 Å². The van der Waals surface area contributed by atoms with Gasteiger partial charge in [-0.1, -0.05) is 0 Å². The van der Waals surface area contributed by atoms with Crippen molar-refractivity contribution in [2.45, 2.75) is 31.5 Å². The maximum atomic E-state index is 14.6. The van der Waals surface area contributed by atoms with E-state index in [1.807, 2.05) is 4.90 Å². The molecule has 1 aliphatic heterocycles. The van der Waals surface area contributed by atoms with Gasteiger partial charge in [0, 0.05) is 37.1 Å². The van der Waals surface area contributed by atoms with Gasteiger partial charge in [0.05, 0.1) is 18.3 Å². The van der Waals surface area contributed by atoms with Crippen molar-refractivity contribution in [3.05, 3.63) is 48.0 Å². The number of amides is 1. The number of nitrogens with two attached hydrogens (primary N) is 1. The molecule has 1 aliphatic rings. The van der Waals surface area contributed by atoms with E-state index in [2.05, 4.69) is 20.6 Å². The van der Waals surface area contributed by atoms with Gasteiger partial charge in [0.25, 0.3) is 5.91 Å². The second-order valence-corrected chi connectivity index (χ2v) is 6.82. The van der Waals surface area contributed by atoms with E-state index in [-0.39, 0.29) is 11.6 Å². The van der Waals surface area contributed by atoms with Crippen LogP contribution >= 0.6 is 0 Å². The molecule has 1 aromatic carbocycles. The third-order valence-corrected chi connectivity index (χ3v) is 4.66. The number of rotatable bonds is 7. The molecule has 0 spiro atoms. The molecule has 29 heavy (non-hydrogen) atoms. The predicted octanol–water partition coefficient (Wildman–Crippen LogP) is 1.19. The Kier molecular flexibility index (Phi) is 6.55. The first-order chi connectivity index (χ1) is 13.9. The molecule has 0 radical (unpaired) electrons. The Morgan fingerprint density at radius 3 is 2.59 bits per heavy atom. The molecule has 3 rings (SSSR count). The Morgan fingerprint density at radius 1 is 1.28 bits per heavy atom. The summed E-state index contributed by atoms with van der Waals surface area (Å²) in [5.74, 6) is -1.68. The molecule has 5 N–H and O–H groups in total. The number of anilines is 2. The summed E-state index contributed by atoms with van der Waals surface area (Å²) in [6.07, 6.45) is 3.48. The fraction of sp³-hybridized carbons (Fsp3) is 0.368. The smallest absolute Gasteiger partial charge is 0.306 e. The van der Waals surface area contributed by atoms with E-state index in [1.54, 1.807) is 24.5 Å². The Morgan fingerprint density at radius 2 is 1.97 bits per heavy atom. The van der Waals surface area contributed by atoms with Crippen LogP contribution in [0.4, 0.5) is 16.0 Å². The third-order valence-electron chi connectivity index (χ3n) is 4.66. The van der Waals surface area contributed by atoms with Crippen LogP contribution in [0.5, 0.6) is 0 Å². The average Bonchev–Trinajstić information content (AvgIpc) is 2.69. The zero-order valence-corrected chi connectivity index (χ0v) is 15.7. The number of aliphatic carboxylic acids is 1. The fourth-order valence-corrected chi connectivity index (χ4v) is 3.22. The number of hydrogen-bond acceptors (Lipinski definition) is 7. The number of carboxylic acid groups (broad SMARTS) is 1. The molecule has 9 nitrogen and oxygen atoms in total. The largest absolute Gasteiger partial charge is 0.481 e. The minimum atomic E-state index is -1.13. The standard InChI is InChI=1S/C19H23FN6O3/c20-14-10-12(18(29)25-16(21)11-17(27)28)2-3-15(14)26-8-4-13(5-9-26)24-19-22-6-1-7-23-19/h1-3,6-7,10,13,16H,4-5,8-9,11,21H2,(H,25,29)(H,27,28)(H,22,23,24). The van der Waals surface area contributed by atoms with Crippen molar-refractivity contribution in [1.29, 1.82) is 0 Å². The van der Waals surface area contributed by atoms with Crippen molar-refractivity contribution in [2.24, 2.45) is 5.73 Å². The van der Waals surface area contributed by atoms with E-state index in [1.165, 1.54) is 6.07 Å². The molecule has 1 saturated heterocycles. The van der Waals surface area contributed by atoms with Crippen LogP contribution in [0, 0.1) is 5.82 Å². The molecule has 1 atom stereocenters. The minimum Gasteiger partial charge on any atom is -0.481 e. The highest BCUT2D eigenvalue weighted by Gasteiger charge is 2.23. The summed E-state index contributed by atoms with van der Waals surface area (Å²) in [7, 11) is 0. The summed E-state index contributed by atoms with van der Waals surface area (Å²) in [4.78, 5) is 33.0. The van der Waals surface area contributed by atoms with Crippen LogP contribution in [0.2, 0.25) is 0 Å². The van der Waals surface area contributed by atoms with Gasteiger partial charge < -0.3 is 26.4 Å². The van der Waals surface area contributed by atoms with Gasteiger partial charge in [-0.25, -0.2) is 14.4 Å². The van der Waals surface area contributed by atoms with Crippen LogP contribution in [-0.2, 0) is 4.79 Å². The number of carbonyl (C=O) groups is 2. The molecule has 1 amide bonds. The molecule has 0 bridgehead atoms. The number of hydrogen-bond donors (Lipinski definition) is 4. The second kappa shape index (κ2) is 9.28. The molecule has 0 aliphatic carbocycles. The van der Waals surface area contributed by atoms with Gasteiger partial charge in [0.1, 0.15) is 5.82 Å². The Balaban J connectivity index is 1.57. The SMILES string of the molecule is NC(CC(=O)O)NC(=O)c1ccc(N2CCC(Nc3ncccn3)CC2)c(F)c1. The lowest BCUT2D eigenvalue weighted by atomic mass is 10.0. The van der Waals surface area contributed by atoms with Crippen molar-refractivity contribution < 1.29 is 19.1 Å². The highest BCUT2D eigenvalue weighted by molar-refractivity contribution is 5.95. The number of carbonyl (C=O) groups excluding carboxylic acids is 1. The maximum absolute atomic E-state index is 14.6. The van der Waals surface area contributed by atoms with E-state index in [9.17, 15) is 14.0 Å². The number of nitrogens with one attached hydrogen (secondary N) is 2. The number of piperidine rings is 1. The first-order valence-corrected chi connectivity index (χ1v) is 9.28. The van der Waals surface area contributed by atoms with Crippen molar-refractivity contribution in [3.63, 3.8) is 0 Å². The van der Waals surface area contributed by atoms with Crippen LogP contribution in [0.25, 0.3) is 0 Å². The lowest BCUT2D eigenvalue weighted by Crippen LogP contribution is -2.43. The van der Waals surface area contributed by atoms with E-state index < -0.39 is 30.3 Å². The van der Waals surface area contributed by atoms with Gasteiger partial charge in [-0.2, -0.15) is 0 Å². The van der Waals surface area contributed by atoms with Gasteiger partial charge in [0.2, 0.25) is 5.95 Å². The van der Waals surface area contributed by atoms with Gasteiger partial charge in [-0.15, -0.1) is 0 Å². The van der Waals surface area contributed by atoms with E-state index in [0.717, 1.165) is 18.9 Å². The molecular weight excluding hydrogens is 379 g/mol. The van der Waals surface area contributed by atoms with Crippen LogP contribution < -0.4 is 21.3 Å². The molecule has 10 heteroatoms. The van der Waals surface area contributed by atoms with Crippen LogP contribution in [0.1, 0.15) is 29.6 Å². The van der Waals surface area contributed by atoms with Gasteiger partial charge in [-0.05, 0) is 37.1 Å². The van der Waals surface area contributed by atoms with Crippen molar-refractivity contribution >= 4 is 23.5 Å². The summed E-state index contributed by atoms with van der Waals surface area (Å²) in [6, 6.07) is 6.16. The number of aromatic nitrogens is 2. The normalized spacial score (nSPS) is 15.6. The second-order valence-electron chi connectivity index (χ2n) is 6.82. The average molecular weight is 402 g/mol. The van der Waals surface area contributed by atoms with Gasteiger partial charge in [0.15, 0.2) is 0 Å². The minimum absolute atomic E-state index is 0.0878. The molecule has 1 unspecified atom stereocenters. The monoisotopic (exact) mass is 402 g/mol. The number of carboxylic acids is 1. The van der Waals surface area contributed by atoms with E-state index >= 15 is 0 Å². The summed E-state index contributed by atoms with van der Waals surface area (Å²) in [6.45, 7) is 1.30. The maximum Gasteiger partial charge on any atom is 0.306 e. The summed E-state index contributed by atoms with van der Waals surface area (Å²) >= 11 is 0. The zero-order valence-electron chi connectivity index (χ0n) is 15.7. The Hall–Kier alpha value is -3.27. The zero-order chi connectivity index (χ0) is 20.8. The highest BCUT2D eigenvalue weighted by atomic mass is 19.1. The molecule has 2 heterocycles. The first kappa shape index (κ1) is 20.5. The fourth-order valence-electron chi connectivity index (χ4n) is 3.22. The summed E-state index contributed by atoms with van der Waals surface area (Å²) < 4.78 is 14.6. The summed E-state index contributed by atoms with van der Waals surface area (Å²) in [5.41, 5.74) is 6.05. The van der Waals surface area contributed by atoms with Crippen LogP contribution in [-0.4, -0.2) is 52.2 Å². The highest BCUT2D eigenvalue weighted by Crippen LogP contribution is 2.25. The molecule has 1 aromatic heterocycles. The molecule has 1 fully saturated rings.